The Morgan fingerprint density at radius 2 is 1.75 bits per heavy atom. The molecule has 0 bridgehead atoms. The minimum Gasteiger partial charge on any atom is -0.497 e. The van der Waals surface area contributed by atoms with Gasteiger partial charge in [-0.2, -0.15) is 0 Å². The van der Waals surface area contributed by atoms with Crippen LogP contribution in [0.4, 0.5) is 5.69 Å². The van der Waals surface area contributed by atoms with Crippen molar-refractivity contribution in [1.29, 1.82) is 0 Å². The normalized spacial score (nSPS) is 20.2. The van der Waals surface area contributed by atoms with Gasteiger partial charge >= 0.3 is 0 Å². The van der Waals surface area contributed by atoms with Gasteiger partial charge in [-0.3, -0.25) is 4.90 Å². The Balaban J connectivity index is 1.63. The number of hydrogen-bond donors (Lipinski definition) is 0. The second-order valence-electron chi connectivity index (χ2n) is 9.37. The quantitative estimate of drug-likeness (QED) is 0.471. The van der Waals surface area contributed by atoms with Crippen molar-refractivity contribution in [3.8, 4) is 5.75 Å². The first-order valence-corrected chi connectivity index (χ1v) is 13.1. The van der Waals surface area contributed by atoms with Crippen molar-refractivity contribution < 1.29 is 9.47 Å². The maximum Gasteiger partial charge on any atom is 0.118 e. The molecular weight excluding hydrogens is 416 g/mol. The number of methoxy groups -OCH3 is 1. The molecule has 0 saturated carbocycles. The van der Waals surface area contributed by atoms with E-state index in [-0.39, 0.29) is 0 Å². The zero-order valence-corrected chi connectivity index (χ0v) is 20.7. The molecule has 2 aliphatic rings. The van der Waals surface area contributed by atoms with E-state index in [0.29, 0.717) is 18.0 Å². The maximum absolute atomic E-state index is 6.21. The van der Waals surface area contributed by atoms with Crippen LogP contribution in [0.3, 0.4) is 0 Å². The predicted molar refractivity (Wildman–Crippen MR) is 135 cm³/mol. The summed E-state index contributed by atoms with van der Waals surface area (Å²) >= 11 is 1.99. The molecule has 0 spiro atoms. The van der Waals surface area contributed by atoms with Crippen molar-refractivity contribution in [3.05, 3.63) is 54.1 Å². The van der Waals surface area contributed by atoms with Gasteiger partial charge in [0.15, 0.2) is 0 Å². The molecule has 0 radical (unpaired) electrons. The third-order valence-corrected chi connectivity index (χ3v) is 7.62. The molecule has 32 heavy (non-hydrogen) atoms. The van der Waals surface area contributed by atoms with Crippen LogP contribution in [0.1, 0.15) is 44.7 Å². The summed E-state index contributed by atoms with van der Waals surface area (Å²) in [6.07, 6.45) is 3.73. The van der Waals surface area contributed by atoms with Crippen molar-refractivity contribution in [2.24, 2.45) is 5.92 Å². The average Bonchev–Trinajstić information content (AvgIpc) is 3.28. The Bertz CT molecular complexity index is 836. The summed E-state index contributed by atoms with van der Waals surface area (Å²) < 4.78 is 11.6. The molecule has 4 nitrogen and oxygen atoms in total. The van der Waals surface area contributed by atoms with Crippen molar-refractivity contribution in [1.82, 2.24) is 4.90 Å². The first kappa shape index (κ1) is 23.5. The lowest BCUT2D eigenvalue weighted by atomic mass is 10.0. The summed E-state index contributed by atoms with van der Waals surface area (Å²) in [7, 11) is 1.73. The minimum atomic E-state index is 0.354. The summed E-state index contributed by atoms with van der Waals surface area (Å²) in [6.45, 7) is 9.46. The number of rotatable bonds is 9. The van der Waals surface area contributed by atoms with Crippen molar-refractivity contribution >= 4 is 17.4 Å². The Kier molecular flexibility index (Phi) is 8.39. The number of fused-ring (bicyclic) bond motifs is 1. The fourth-order valence-electron chi connectivity index (χ4n) is 4.87. The molecule has 1 saturated heterocycles. The summed E-state index contributed by atoms with van der Waals surface area (Å²) in [5, 5.41) is 0. The van der Waals surface area contributed by atoms with Gasteiger partial charge in [0, 0.05) is 23.8 Å². The molecule has 0 amide bonds. The molecule has 0 N–H and O–H groups in total. The number of para-hydroxylation sites is 1. The van der Waals surface area contributed by atoms with E-state index < -0.39 is 0 Å². The molecular formula is C27H38N2O2S. The Morgan fingerprint density at radius 1 is 1.00 bits per heavy atom. The lowest BCUT2D eigenvalue weighted by Gasteiger charge is -2.39. The van der Waals surface area contributed by atoms with Gasteiger partial charge in [-0.15, -0.1) is 11.8 Å². The van der Waals surface area contributed by atoms with E-state index in [0.717, 1.165) is 37.7 Å². The van der Waals surface area contributed by atoms with Gasteiger partial charge in [-0.1, -0.05) is 38.1 Å². The van der Waals surface area contributed by atoms with Crippen LogP contribution in [-0.4, -0.2) is 56.7 Å². The van der Waals surface area contributed by atoms with Crippen molar-refractivity contribution in [2.75, 3.05) is 50.6 Å². The first-order valence-electron chi connectivity index (χ1n) is 12.1. The number of nitrogens with zero attached hydrogens (tertiary/aromatic N) is 2. The summed E-state index contributed by atoms with van der Waals surface area (Å²) in [4.78, 5) is 6.72. The molecule has 5 heteroatoms. The van der Waals surface area contributed by atoms with Gasteiger partial charge in [0.05, 0.1) is 31.5 Å². The zero-order valence-electron chi connectivity index (χ0n) is 19.8. The highest BCUT2D eigenvalue weighted by Crippen LogP contribution is 2.42. The topological polar surface area (TPSA) is 24.9 Å². The Hall–Kier alpha value is -1.69. The largest absolute Gasteiger partial charge is 0.497 e. The van der Waals surface area contributed by atoms with Crippen molar-refractivity contribution in [2.45, 2.75) is 50.1 Å². The molecule has 2 aliphatic heterocycles. The number of anilines is 1. The van der Waals surface area contributed by atoms with Crippen LogP contribution in [-0.2, 0) is 4.74 Å². The molecule has 0 aromatic heterocycles. The lowest BCUT2D eigenvalue weighted by molar-refractivity contribution is 0.0562. The molecule has 2 aromatic carbocycles. The second kappa shape index (κ2) is 11.4. The summed E-state index contributed by atoms with van der Waals surface area (Å²) in [5.41, 5.74) is 2.73. The zero-order chi connectivity index (χ0) is 22.3. The van der Waals surface area contributed by atoms with E-state index in [1.54, 1.807) is 7.11 Å². The van der Waals surface area contributed by atoms with E-state index in [2.05, 4.69) is 72.2 Å². The molecule has 174 valence electrons. The molecule has 1 fully saturated rings. The van der Waals surface area contributed by atoms with E-state index in [1.807, 2.05) is 11.8 Å². The number of thioether (sulfide) groups is 1. The number of ether oxygens (including phenoxy) is 2. The van der Waals surface area contributed by atoms with Crippen LogP contribution in [0.5, 0.6) is 5.75 Å². The smallest absolute Gasteiger partial charge is 0.118 e. The highest BCUT2D eigenvalue weighted by Gasteiger charge is 2.31. The SMILES string of the molecule is COc1ccc(C2CCSc3ccccc3N2CC(COCC(C)C)N2CCCC2)cc1. The van der Waals surface area contributed by atoms with E-state index in [4.69, 9.17) is 9.47 Å². The van der Waals surface area contributed by atoms with E-state index >= 15 is 0 Å². The van der Waals surface area contributed by atoms with E-state index in [1.165, 1.54) is 42.1 Å². The summed E-state index contributed by atoms with van der Waals surface area (Å²) in [5.74, 6) is 2.61. The van der Waals surface area contributed by atoms with Gasteiger partial charge < -0.3 is 14.4 Å². The standard InChI is InChI=1S/C27H38N2O2S/c1-21(2)19-31-20-23(28-15-6-7-16-28)18-29-25(22-10-12-24(30-3)13-11-22)14-17-32-27-9-5-4-8-26(27)29/h4-5,8-13,21,23,25H,6-7,14-20H2,1-3H3. The first-order chi connectivity index (χ1) is 15.7. The van der Waals surface area contributed by atoms with Gasteiger partial charge in [0.2, 0.25) is 0 Å². The maximum atomic E-state index is 6.21. The molecule has 2 heterocycles. The Morgan fingerprint density at radius 3 is 2.47 bits per heavy atom. The third kappa shape index (κ3) is 5.81. The third-order valence-electron chi connectivity index (χ3n) is 6.53. The van der Waals surface area contributed by atoms with Crippen LogP contribution in [0.2, 0.25) is 0 Å². The highest BCUT2D eigenvalue weighted by atomic mass is 32.2. The fraction of sp³-hybridized carbons (Fsp3) is 0.556. The monoisotopic (exact) mass is 454 g/mol. The van der Waals surface area contributed by atoms with Crippen LogP contribution >= 0.6 is 11.8 Å². The molecule has 4 rings (SSSR count). The highest BCUT2D eigenvalue weighted by molar-refractivity contribution is 7.99. The van der Waals surface area contributed by atoms with Gasteiger partial charge in [0.1, 0.15) is 5.75 Å². The van der Waals surface area contributed by atoms with Gasteiger partial charge in [-0.25, -0.2) is 0 Å². The van der Waals surface area contributed by atoms with E-state index in [9.17, 15) is 0 Å². The fourth-order valence-corrected chi connectivity index (χ4v) is 5.94. The summed E-state index contributed by atoms with van der Waals surface area (Å²) in [6, 6.07) is 18.4. The second-order valence-corrected chi connectivity index (χ2v) is 10.5. The van der Waals surface area contributed by atoms with Gasteiger partial charge in [0.25, 0.3) is 0 Å². The number of hydrogen-bond acceptors (Lipinski definition) is 5. The molecule has 0 aliphatic carbocycles. The number of likely N-dealkylation sites (tertiary alicyclic amines) is 1. The predicted octanol–water partition coefficient (Wildman–Crippen LogP) is 5.88. The van der Waals surface area contributed by atoms with Crippen LogP contribution in [0, 0.1) is 5.92 Å². The van der Waals surface area contributed by atoms with Crippen LogP contribution in [0.25, 0.3) is 0 Å². The van der Waals surface area contributed by atoms with Crippen molar-refractivity contribution in [3.63, 3.8) is 0 Å². The number of benzene rings is 2. The minimum absolute atomic E-state index is 0.354. The average molecular weight is 455 g/mol. The van der Waals surface area contributed by atoms with Crippen LogP contribution in [0.15, 0.2) is 53.4 Å². The lowest BCUT2D eigenvalue weighted by Crippen LogP contribution is -2.47. The molecule has 2 aromatic rings. The molecule has 2 unspecified atom stereocenters. The van der Waals surface area contributed by atoms with Gasteiger partial charge in [-0.05, 0) is 68.1 Å². The van der Waals surface area contributed by atoms with Crippen LogP contribution < -0.4 is 9.64 Å². The Labute approximate surface area is 198 Å². The molecule has 2 atom stereocenters.